The first kappa shape index (κ1) is 9.48. The van der Waals surface area contributed by atoms with Gasteiger partial charge in [0, 0.05) is 5.92 Å². The summed E-state index contributed by atoms with van der Waals surface area (Å²) in [7, 11) is 0. The summed E-state index contributed by atoms with van der Waals surface area (Å²) < 4.78 is 5.17. The molecule has 1 saturated heterocycles. The summed E-state index contributed by atoms with van der Waals surface area (Å²) in [6.07, 6.45) is -0.298. The van der Waals surface area contributed by atoms with Crippen LogP contribution in [-0.4, -0.2) is 34.5 Å². The fraction of sp³-hybridized carbons (Fsp3) is 0.875. The van der Waals surface area contributed by atoms with E-state index >= 15 is 0 Å². The molecule has 0 aromatic carbocycles. The van der Waals surface area contributed by atoms with Gasteiger partial charge >= 0.3 is 5.97 Å². The normalized spacial score (nSPS) is 41.6. The molecule has 0 amide bonds. The summed E-state index contributed by atoms with van der Waals surface area (Å²) in [6, 6.07) is 0. The van der Waals surface area contributed by atoms with Crippen LogP contribution in [-0.2, 0) is 9.53 Å². The average Bonchev–Trinajstić information content (AvgIpc) is 2.16. The van der Waals surface area contributed by atoms with Gasteiger partial charge in [-0.3, -0.25) is 4.79 Å². The minimum absolute atomic E-state index is 0.0608. The summed E-state index contributed by atoms with van der Waals surface area (Å²) in [6.45, 7) is 3.77. The van der Waals surface area contributed by atoms with Crippen LogP contribution in [0.25, 0.3) is 0 Å². The zero-order valence-corrected chi connectivity index (χ0v) is 7.28. The van der Waals surface area contributed by atoms with Gasteiger partial charge in [0.2, 0.25) is 0 Å². The Labute approximate surface area is 71.2 Å². The highest BCUT2D eigenvalue weighted by atomic mass is 16.5. The van der Waals surface area contributed by atoms with Gasteiger partial charge in [-0.1, -0.05) is 6.92 Å². The van der Waals surface area contributed by atoms with Crippen LogP contribution < -0.4 is 0 Å². The summed E-state index contributed by atoms with van der Waals surface area (Å²) in [5.41, 5.74) is -1.18. The van der Waals surface area contributed by atoms with Gasteiger partial charge in [0.15, 0.2) is 0 Å². The largest absolute Gasteiger partial charge is 0.481 e. The maximum atomic E-state index is 10.4. The highest BCUT2D eigenvalue weighted by Crippen LogP contribution is 2.32. The van der Waals surface area contributed by atoms with E-state index in [1.807, 2.05) is 6.92 Å². The Morgan fingerprint density at radius 1 is 1.67 bits per heavy atom. The van der Waals surface area contributed by atoms with Gasteiger partial charge in [-0.05, 0) is 6.92 Å². The lowest BCUT2D eigenvalue weighted by molar-refractivity contribution is -0.143. The Morgan fingerprint density at radius 2 is 2.25 bits per heavy atom. The molecule has 0 aromatic rings. The lowest BCUT2D eigenvalue weighted by Gasteiger charge is -2.24. The first-order valence-electron chi connectivity index (χ1n) is 4.01. The Balaban J connectivity index is 2.65. The van der Waals surface area contributed by atoms with Crippen LogP contribution in [0.4, 0.5) is 0 Å². The van der Waals surface area contributed by atoms with Crippen molar-refractivity contribution in [3.05, 3.63) is 0 Å². The zero-order chi connectivity index (χ0) is 9.35. The van der Waals surface area contributed by atoms with E-state index in [1.54, 1.807) is 6.92 Å². The van der Waals surface area contributed by atoms with Crippen molar-refractivity contribution in [2.45, 2.75) is 32.0 Å². The predicted octanol–water partition coefficient (Wildman–Crippen LogP) is 0.247. The molecule has 0 bridgehead atoms. The Bertz CT molecular complexity index is 191. The number of carboxylic acid groups (broad SMARTS) is 1. The lowest BCUT2D eigenvalue weighted by atomic mass is 9.86. The number of aliphatic hydroxyl groups is 1. The summed E-state index contributed by atoms with van der Waals surface area (Å²) in [5.74, 6) is -1.10. The van der Waals surface area contributed by atoms with Crippen molar-refractivity contribution in [2.75, 3.05) is 6.61 Å². The van der Waals surface area contributed by atoms with Crippen LogP contribution in [0.15, 0.2) is 0 Å². The smallest absolute Gasteiger partial charge is 0.306 e. The molecule has 0 saturated carbocycles. The Kier molecular flexibility index (Phi) is 2.39. The number of ether oxygens (including phenoxy) is 1. The van der Waals surface area contributed by atoms with Gasteiger partial charge in [-0.2, -0.15) is 0 Å². The molecule has 0 radical (unpaired) electrons. The molecule has 1 heterocycles. The second kappa shape index (κ2) is 3.03. The number of carboxylic acids is 1. The van der Waals surface area contributed by atoms with Crippen LogP contribution in [0.5, 0.6) is 0 Å². The summed E-state index contributed by atoms with van der Waals surface area (Å²) in [4.78, 5) is 10.4. The quantitative estimate of drug-likeness (QED) is 0.629. The van der Waals surface area contributed by atoms with E-state index < -0.39 is 11.6 Å². The molecule has 4 nitrogen and oxygen atoms in total. The highest BCUT2D eigenvalue weighted by molar-refractivity contribution is 5.68. The van der Waals surface area contributed by atoms with Gasteiger partial charge < -0.3 is 14.9 Å². The van der Waals surface area contributed by atoms with Gasteiger partial charge in [0.05, 0.1) is 19.1 Å². The van der Waals surface area contributed by atoms with E-state index in [1.165, 1.54) is 0 Å². The van der Waals surface area contributed by atoms with Crippen molar-refractivity contribution in [1.29, 1.82) is 0 Å². The van der Waals surface area contributed by atoms with E-state index in [-0.39, 0.29) is 25.0 Å². The average molecular weight is 174 g/mol. The van der Waals surface area contributed by atoms with E-state index in [0.29, 0.717) is 0 Å². The van der Waals surface area contributed by atoms with Crippen molar-refractivity contribution < 1.29 is 19.7 Å². The summed E-state index contributed by atoms with van der Waals surface area (Å²) in [5, 5.41) is 18.3. The van der Waals surface area contributed by atoms with Crippen LogP contribution in [0.3, 0.4) is 0 Å². The third-order valence-electron chi connectivity index (χ3n) is 2.61. The van der Waals surface area contributed by atoms with Crippen LogP contribution >= 0.6 is 0 Å². The van der Waals surface area contributed by atoms with Crippen molar-refractivity contribution >= 4 is 5.97 Å². The maximum absolute atomic E-state index is 10.4. The molecule has 4 heteroatoms. The molecule has 1 aliphatic heterocycles. The first-order valence-corrected chi connectivity index (χ1v) is 4.01. The molecule has 1 rings (SSSR count). The molecular formula is C8H14O4. The molecule has 3 atom stereocenters. The molecule has 0 unspecified atom stereocenters. The lowest BCUT2D eigenvalue weighted by Crippen LogP contribution is -2.39. The summed E-state index contributed by atoms with van der Waals surface area (Å²) >= 11 is 0. The third-order valence-corrected chi connectivity index (χ3v) is 2.61. The van der Waals surface area contributed by atoms with Gasteiger partial charge in [0.25, 0.3) is 0 Å². The standard InChI is InChI=1S/C8H14O4/c1-5-6(2)12-4-8(5,11)3-7(9)10/h5-6,11H,3-4H2,1-2H3,(H,9,10)/t5-,6+,8-/m1/s1. The maximum Gasteiger partial charge on any atom is 0.306 e. The first-order chi connectivity index (χ1) is 5.46. The van der Waals surface area contributed by atoms with Crippen molar-refractivity contribution in [2.24, 2.45) is 5.92 Å². The number of carbonyl (C=O) groups is 1. The van der Waals surface area contributed by atoms with Crippen LogP contribution in [0.2, 0.25) is 0 Å². The van der Waals surface area contributed by atoms with E-state index in [9.17, 15) is 9.90 Å². The minimum Gasteiger partial charge on any atom is -0.481 e. The zero-order valence-electron chi connectivity index (χ0n) is 7.28. The van der Waals surface area contributed by atoms with Gasteiger partial charge in [-0.15, -0.1) is 0 Å². The Hall–Kier alpha value is -0.610. The molecule has 12 heavy (non-hydrogen) atoms. The second-order valence-electron chi connectivity index (χ2n) is 3.48. The van der Waals surface area contributed by atoms with Crippen molar-refractivity contribution in [1.82, 2.24) is 0 Å². The van der Waals surface area contributed by atoms with E-state index in [0.717, 1.165) is 0 Å². The van der Waals surface area contributed by atoms with Crippen LogP contribution in [0.1, 0.15) is 20.3 Å². The highest BCUT2D eigenvalue weighted by Gasteiger charge is 2.45. The molecule has 0 aromatic heterocycles. The van der Waals surface area contributed by atoms with Gasteiger partial charge in [-0.25, -0.2) is 0 Å². The molecule has 2 N–H and O–H groups in total. The van der Waals surface area contributed by atoms with E-state index in [4.69, 9.17) is 9.84 Å². The van der Waals surface area contributed by atoms with Crippen molar-refractivity contribution in [3.8, 4) is 0 Å². The SMILES string of the molecule is C[C@@H]1OC[C@](O)(CC(=O)O)[C@@H]1C. The molecule has 1 fully saturated rings. The monoisotopic (exact) mass is 174 g/mol. The van der Waals surface area contributed by atoms with E-state index in [2.05, 4.69) is 0 Å². The number of hydrogen-bond acceptors (Lipinski definition) is 3. The fourth-order valence-corrected chi connectivity index (χ4v) is 1.46. The van der Waals surface area contributed by atoms with Gasteiger partial charge in [0.1, 0.15) is 5.60 Å². The number of rotatable bonds is 2. The molecule has 70 valence electrons. The minimum atomic E-state index is -1.18. The van der Waals surface area contributed by atoms with Crippen LogP contribution in [0, 0.1) is 5.92 Å². The fourth-order valence-electron chi connectivity index (χ4n) is 1.46. The predicted molar refractivity (Wildman–Crippen MR) is 41.8 cm³/mol. The molecule has 0 aliphatic carbocycles. The Morgan fingerprint density at radius 3 is 2.58 bits per heavy atom. The molecule has 1 aliphatic rings. The topological polar surface area (TPSA) is 66.8 Å². The second-order valence-corrected chi connectivity index (χ2v) is 3.48. The molecule has 0 spiro atoms. The number of aliphatic carboxylic acids is 1. The molecular weight excluding hydrogens is 160 g/mol. The van der Waals surface area contributed by atoms with Crippen molar-refractivity contribution in [3.63, 3.8) is 0 Å². The third kappa shape index (κ3) is 1.59. The number of hydrogen-bond donors (Lipinski definition) is 2.